The fourth-order valence-electron chi connectivity index (χ4n) is 3.48. The topological polar surface area (TPSA) is 84.3 Å². The number of aromatic nitrogens is 2. The van der Waals surface area contributed by atoms with Crippen LogP contribution in [0.2, 0.25) is 0 Å². The van der Waals surface area contributed by atoms with E-state index in [0.717, 1.165) is 27.6 Å². The van der Waals surface area contributed by atoms with Gasteiger partial charge in [-0.15, -0.1) is 0 Å². The van der Waals surface area contributed by atoms with Gasteiger partial charge in [-0.3, -0.25) is 4.98 Å². The second-order valence-electron chi connectivity index (χ2n) is 6.96. The summed E-state index contributed by atoms with van der Waals surface area (Å²) >= 11 is 0. The quantitative estimate of drug-likeness (QED) is 0.347. The first-order chi connectivity index (χ1) is 15.2. The van der Waals surface area contributed by atoms with Gasteiger partial charge in [-0.2, -0.15) is 0 Å². The third-order valence-electron chi connectivity index (χ3n) is 4.95. The Kier molecular flexibility index (Phi) is 4.65. The molecule has 0 unspecified atom stereocenters. The molecule has 2 N–H and O–H groups in total. The van der Waals surface area contributed by atoms with Crippen molar-refractivity contribution in [1.29, 1.82) is 0 Å². The van der Waals surface area contributed by atoms with E-state index in [4.69, 9.17) is 9.72 Å². The number of hydrogen-bond donors (Lipinski definition) is 2. The molecule has 0 aliphatic carbocycles. The summed E-state index contributed by atoms with van der Waals surface area (Å²) in [5.41, 5.74) is 1.50. The molecule has 0 amide bonds. The van der Waals surface area contributed by atoms with Crippen molar-refractivity contribution in [2.24, 2.45) is 0 Å². The molecule has 2 heterocycles. The number of fused-ring (bicyclic) bond motifs is 3. The third-order valence-corrected chi connectivity index (χ3v) is 4.95. The van der Waals surface area contributed by atoms with E-state index < -0.39 is 5.97 Å². The van der Waals surface area contributed by atoms with Gasteiger partial charge in [0.15, 0.2) is 5.75 Å². The maximum absolute atomic E-state index is 11.4. The van der Waals surface area contributed by atoms with Crippen LogP contribution in [-0.4, -0.2) is 21.0 Å². The third kappa shape index (κ3) is 3.62. The Morgan fingerprint density at radius 3 is 2.52 bits per heavy atom. The lowest BCUT2D eigenvalue weighted by atomic mass is 10.1. The normalized spacial score (nSPS) is 10.8. The van der Waals surface area contributed by atoms with Gasteiger partial charge in [0.25, 0.3) is 0 Å². The van der Waals surface area contributed by atoms with Crippen LogP contribution < -0.4 is 10.1 Å². The van der Waals surface area contributed by atoms with Gasteiger partial charge in [0.2, 0.25) is 0 Å². The van der Waals surface area contributed by atoms with Gasteiger partial charge in [-0.25, -0.2) is 9.78 Å². The van der Waals surface area contributed by atoms with E-state index >= 15 is 0 Å². The molecule has 0 aliphatic heterocycles. The van der Waals surface area contributed by atoms with Crippen LogP contribution in [0.5, 0.6) is 11.5 Å². The molecule has 150 valence electrons. The monoisotopic (exact) mass is 407 g/mol. The number of nitrogens with zero attached hydrogens (tertiary/aromatic N) is 2. The van der Waals surface area contributed by atoms with Crippen LogP contribution in [0.1, 0.15) is 10.4 Å². The van der Waals surface area contributed by atoms with E-state index in [1.807, 2.05) is 60.7 Å². The van der Waals surface area contributed by atoms with Crippen LogP contribution in [0.4, 0.5) is 11.5 Å². The number of carboxylic acid groups (broad SMARTS) is 1. The van der Waals surface area contributed by atoms with E-state index in [-0.39, 0.29) is 5.56 Å². The molecule has 2 aromatic heterocycles. The maximum atomic E-state index is 11.4. The predicted octanol–water partition coefficient (Wildman–Crippen LogP) is 6.02. The Balaban J connectivity index is 1.63. The Morgan fingerprint density at radius 2 is 1.68 bits per heavy atom. The number of anilines is 2. The molecule has 0 radical (unpaired) electrons. The molecule has 0 saturated heterocycles. The highest BCUT2D eigenvalue weighted by molar-refractivity contribution is 6.11. The first-order valence-corrected chi connectivity index (χ1v) is 9.69. The molecule has 3 aromatic carbocycles. The van der Waals surface area contributed by atoms with Crippen molar-refractivity contribution >= 4 is 39.1 Å². The molecule has 0 fully saturated rings. The van der Waals surface area contributed by atoms with Crippen LogP contribution in [0.3, 0.4) is 0 Å². The predicted molar refractivity (Wildman–Crippen MR) is 120 cm³/mol. The first kappa shape index (κ1) is 18.6. The molecule has 5 rings (SSSR count). The molecular weight excluding hydrogens is 390 g/mol. The van der Waals surface area contributed by atoms with Gasteiger partial charge in [-0.1, -0.05) is 36.4 Å². The number of aromatic carboxylic acids is 1. The number of para-hydroxylation sites is 3. The molecule has 0 spiro atoms. The molecule has 6 nitrogen and oxygen atoms in total. The summed E-state index contributed by atoms with van der Waals surface area (Å²) in [5, 5.41) is 15.3. The average Bonchev–Trinajstić information content (AvgIpc) is 2.81. The number of carbonyl (C=O) groups is 1. The summed E-state index contributed by atoms with van der Waals surface area (Å²) in [5.74, 6) is 0.975. The lowest BCUT2D eigenvalue weighted by Crippen LogP contribution is -2.00. The van der Waals surface area contributed by atoms with Gasteiger partial charge in [0, 0.05) is 28.6 Å². The molecule has 0 atom stereocenters. The van der Waals surface area contributed by atoms with Crippen molar-refractivity contribution in [2.75, 3.05) is 5.32 Å². The molecule has 0 bridgehead atoms. The smallest absolute Gasteiger partial charge is 0.335 e. The Bertz CT molecular complexity index is 1420. The molecule has 5 aromatic rings. The fraction of sp³-hybridized carbons (Fsp3) is 0. The van der Waals surface area contributed by atoms with Crippen molar-refractivity contribution in [3.05, 3.63) is 96.8 Å². The fourth-order valence-corrected chi connectivity index (χ4v) is 3.48. The van der Waals surface area contributed by atoms with E-state index in [9.17, 15) is 9.90 Å². The van der Waals surface area contributed by atoms with E-state index in [0.29, 0.717) is 17.1 Å². The number of carboxylic acids is 1. The zero-order chi connectivity index (χ0) is 21.2. The lowest BCUT2D eigenvalue weighted by molar-refractivity contribution is 0.0697. The van der Waals surface area contributed by atoms with Gasteiger partial charge >= 0.3 is 5.97 Å². The number of nitrogens with one attached hydrogen (secondary N) is 1. The lowest BCUT2D eigenvalue weighted by Gasteiger charge is -2.15. The summed E-state index contributed by atoms with van der Waals surface area (Å²) in [6.45, 7) is 0. The van der Waals surface area contributed by atoms with Crippen molar-refractivity contribution in [3.63, 3.8) is 0 Å². The molecule has 31 heavy (non-hydrogen) atoms. The second kappa shape index (κ2) is 7.76. The summed E-state index contributed by atoms with van der Waals surface area (Å²) < 4.78 is 6.05. The van der Waals surface area contributed by atoms with Crippen molar-refractivity contribution in [3.8, 4) is 11.5 Å². The number of pyridine rings is 2. The molecule has 0 aliphatic rings. The number of ether oxygens (including phenoxy) is 1. The van der Waals surface area contributed by atoms with Crippen molar-refractivity contribution in [1.82, 2.24) is 9.97 Å². The van der Waals surface area contributed by atoms with E-state index in [1.165, 1.54) is 0 Å². The van der Waals surface area contributed by atoms with Gasteiger partial charge < -0.3 is 15.2 Å². The summed E-state index contributed by atoms with van der Waals surface area (Å²) in [6, 6.07) is 23.9. The van der Waals surface area contributed by atoms with Crippen LogP contribution in [0.25, 0.3) is 21.7 Å². The van der Waals surface area contributed by atoms with Crippen LogP contribution >= 0.6 is 0 Å². The number of benzene rings is 3. The number of hydrogen-bond acceptors (Lipinski definition) is 5. The van der Waals surface area contributed by atoms with Crippen molar-refractivity contribution in [2.45, 2.75) is 0 Å². The van der Waals surface area contributed by atoms with E-state index in [1.54, 1.807) is 30.6 Å². The Hall–Kier alpha value is -4.45. The summed E-state index contributed by atoms with van der Waals surface area (Å²) in [7, 11) is 0. The summed E-state index contributed by atoms with van der Waals surface area (Å²) in [4.78, 5) is 20.4. The van der Waals surface area contributed by atoms with Gasteiger partial charge in [-0.05, 0) is 42.5 Å². The van der Waals surface area contributed by atoms with Gasteiger partial charge in [0.05, 0.1) is 16.8 Å². The Labute approximate surface area is 177 Å². The SMILES string of the molecule is O=C(O)c1ccc2c(c1)nc(Nc1ccccc1Oc1ccccc1)c1ccncc12. The van der Waals surface area contributed by atoms with Crippen molar-refractivity contribution < 1.29 is 14.6 Å². The minimum absolute atomic E-state index is 0.182. The standard InChI is InChI=1S/C25H17N3O3/c29-25(30)16-10-11-18-20-15-26-13-12-19(20)24(28-22(18)14-16)27-21-8-4-5-9-23(21)31-17-6-2-1-3-7-17/h1-15H,(H,27,28)(H,29,30). The molecular formula is C25H17N3O3. The molecule has 0 saturated carbocycles. The maximum Gasteiger partial charge on any atom is 0.335 e. The van der Waals surface area contributed by atoms with Crippen LogP contribution in [-0.2, 0) is 0 Å². The zero-order valence-corrected chi connectivity index (χ0v) is 16.3. The molecule has 6 heteroatoms. The Morgan fingerprint density at radius 1 is 0.871 bits per heavy atom. The first-order valence-electron chi connectivity index (χ1n) is 9.69. The van der Waals surface area contributed by atoms with E-state index in [2.05, 4.69) is 10.3 Å². The average molecular weight is 407 g/mol. The highest BCUT2D eigenvalue weighted by atomic mass is 16.5. The van der Waals surface area contributed by atoms with Crippen LogP contribution in [0.15, 0.2) is 91.3 Å². The minimum atomic E-state index is -0.994. The largest absolute Gasteiger partial charge is 0.478 e. The zero-order valence-electron chi connectivity index (χ0n) is 16.3. The highest BCUT2D eigenvalue weighted by Gasteiger charge is 2.13. The second-order valence-corrected chi connectivity index (χ2v) is 6.96. The van der Waals surface area contributed by atoms with Gasteiger partial charge in [0.1, 0.15) is 11.6 Å². The minimum Gasteiger partial charge on any atom is -0.478 e. The highest BCUT2D eigenvalue weighted by Crippen LogP contribution is 2.35. The van der Waals surface area contributed by atoms with Crippen LogP contribution in [0, 0.1) is 0 Å². The number of rotatable bonds is 5. The summed E-state index contributed by atoms with van der Waals surface area (Å²) in [6.07, 6.45) is 3.47.